The Morgan fingerprint density at radius 1 is 1.50 bits per heavy atom. The number of phenols is 1. The minimum atomic E-state index is -0.586. The van der Waals surface area contributed by atoms with Gasteiger partial charge in [-0.3, -0.25) is 0 Å². The average Bonchev–Trinajstić information content (AvgIpc) is 2.28. The van der Waals surface area contributed by atoms with E-state index in [0.29, 0.717) is 19.8 Å². The highest BCUT2D eigenvalue weighted by atomic mass is 19.1. The molecule has 0 fully saturated rings. The van der Waals surface area contributed by atoms with Gasteiger partial charge in [-0.25, -0.2) is 4.39 Å². The van der Waals surface area contributed by atoms with Crippen LogP contribution in [0.2, 0.25) is 0 Å². The van der Waals surface area contributed by atoms with E-state index in [1.165, 1.54) is 12.1 Å². The number of hydrogen-bond donors (Lipinski definition) is 2. The highest BCUT2D eigenvalue weighted by molar-refractivity contribution is 5.27. The van der Waals surface area contributed by atoms with Crippen molar-refractivity contribution in [3.63, 3.8) is 0 Å². The number of ether oxygens (including phenoxy) is 1. The molecule has 0 saturated heterocycles. The number of nitrogens with one attached hydrogen (secondary N) is 1. The molecule has 1 aromatic carbocycles. The van der Waals surface area contributed by atoms with Crippen LogP contribution in [0.25, 0.3) is 0 Å². The SMILES string of the molecule is CCOCC(C)NCc1ccc(O)c(F)c1. The first-order valence-corrected chi connectivity index (χ1v) is 5.42. The van der Waals surface area contributed by atoms with Crippen LogP contribution in [-0.2, 0) is 11.3 Å². The normalized spacial score (nSPS) is 12.7. The van der Waals surface area contributed by atoms with E-state index < -0.39 is 5.82 Å². The Morgan fingerprint density at radius 2 is 2.25 bits per heavy atom. The Bertz CT molecular complexity index is 331. The third-order valence-corrected chi connectivity index (χ3v) is 2.24. The summed E-state index contributed by atoms with van der Waals surface area (Å²) >= 11 is 0. The Morgan fingerprint density at radius 3 is 2.88 bits per heavy atom. The second-order valence-corrected chi connectivity index (χ2v) is 3.73. The summed E-state index contributed by atoms with van der Waals surface area (Å²) in [6.07, 6.45) is 0. The van der Waals surface area contributed by atoms with Gasteiger partial charge in [0.25, 0.3) is 0 Å². The lowest BCUT2D eigenvalue weighted by atomic mass is 10.2. The Balaban J connectivity index is 2.39. The lowest BCUT2D eigenvalue weighted by Gasteiger charge is -2.13. The van der Waals surface area contributed by atoms with E-state index in [1.807, 2.05) is 13.8 Å². The topological polar surface area (TPSA) is 41.5 Å². The molecule has 0 aliphatic heterocycles. The van der Waals surface area contributed by atoms with Crippen LogP contribution in [0.4, 0.5) is 4.39 Å². The van der Waals surface area contributed by atoms with Crippen LogP contribution >= 0.6 is 0 Å². The van der Waals surface area contributed by atoms with Crippen LogP contribution in [0.5, 0.6) is 5.75 Å². The first-order valence-electron chi connectivity index (χ1n) is 5.42. The van der Waals surface area contributed by atoms with Crippen molar-refractivity contribution < 1.29 is 14.2 Å². The second kappa shape index (κ2) is 6.45. The summed E-state index contributed by atoms with van der Waals surface area (Å²) in [6.45, 7) is 5.84. The molecule has 4 heteroatoms. The molecule has 0 amide bonds. The number of phenolic OH excluding ortho intramolecular Hbond substituents is 1. The fraction of sp³-hybridized carbons (Fsp3) is 0.500. The van der Waals surface area contributed by atoms with E-state index in [0.717, 1.165) is 5.56 Å². The van der Waals surface area contributed by atoms with E-state index in [-0.39, 0.29) is 11.8 Å². The molecule has 1 atom stereocenters. The van der Waals surface area contributed by atoms with E-state index in [2.05, 4.69) is 5.32 Å². The molecule has 0 aliphatic carbocycles. The predicted octanol–water partition coefficient (Wildman–Crippen LogP) is 2.05. The Kier molecular flexibility index (Phi) is 5.22. The molecule has 0 saturated carbocycles. The monoisotopic (exact) mass is 227 g/mol. The van der Waals surface area contributed by atoms with Gasteiger partial charge in [-0.15, -0.1) is 0 Å². The maximum Gasteiger partial charge on any atom is 0.165 e. The van der Waals surface area contributed by atoms with Gasteiger partial charge < -0.3 is 15.2 Å². The maximum atomic E-state index is 13.0. The third kappa shape index (κ3) is 4.16. The minimum Gasteiger partial charge on any atom is -0.505 e. The summed E-state index contributed by atoms with van der Waals surface area (Å²) in [5.74, 6) is -0.900. The van der Waals surface area contributed by atoms with Crippen molar-refractivity contribution in [3.05, 3.63) is 29.6 Å². The van der Waals surface area contributed by atoms with Crippen LogP contribution in [0.15, 0.2) is 18.2 Å². The van der Waals surface area contributed by atoms with Crippen LogP contribution in [0.3, 0.4) is 0 Å². The summed E-state index contributed by atoms with van der Waals surface area (Å²) < 4.78 is 18.3. The van der Waals surface area contributed by atoms with Gasteiger partial charge in [0.2, 0.25) is 0 Å². The number of rotatable bonds is 6. The third-order valence-electron chi connectivity index (χ3n) is 2.24. The highest BCUT2D eigenvalue weighted by Crippen LogP contribution is 2.15. The summed E-state index contributed by atoms with van der Waals surface area (Å²) in [5.41, 5.74) is 0.804. The summed E-state index contributed by atoms with van der Waals surface area (Å²) in [6, 6.07) is 4.60. The van der Waals surface area contributed by atoms with Crippen LogP contribution < -0.4 is 5.32 Å². The van der Waals surface area contributed by atoms with Crippen molar-refractivity contribution in [2.45, 2.75) is 26.4 Å². The molecular weight excluding hydrogens is 209 g/mol. The smallest absolute Gasteiger partial charge is 0.165 e. The molecule has 1 aromatic rings. The Hall–Kier alpha value is -1.13. The molecule has 0 bridgehead atoms. The molecule has 16 heavy (non-hydrogen) atoms. The van der Waals surface area contributed by atoms with E-state index >= 15 is 0 Å². The van der Waals surface area contributed by atoms with Crippen LogP contribution in [-0.4, -0.2) is 24.4 Å². The molecule has 2 N–H and O–H groups in total. The molecule has 90 valence electrons. The van der Waals surface area contributed by atoms with Crippen molar-refractivity contribution in [3.8, 4) is 5.75 Å². The van der Waals surface area contributed by atoms with Crippen molar-refractivity contribution in [1.29, 1.82) is 0 Å². The largest absolute Gasteiger partial charge is 0.505 e. The van der Waals surface area contributed by atoms with Crippen molar-refractivity contribution in [2.75, 3.05) is 13.2 Å². The molecule has 0 radical (unpaired) electrons. The fourth-order valence-electron chi connectivity index (χ4n) is 1.31. The van der Waals surface area contributed by atoms with Gasteiger partial charge in [0, 0.05) is 19.2 Å². The number of halogens is 1. The summed E-state index contributed by atoms with van der Waals surface area (Å²) in [5, 5.41) is 12.2. The zero-order valence-corrected chi connectivity index (χ0v) is 9.66. The van der Waals surface area contributed by atoms with Gasteiger partial charge in [0.1, 0.15) is 0 Å². The summed E-state index contributed by atoms with van der Waals surface area (Å²) in [7, 11) is 0. The maximum absolute atomic E-state index is 13.0. The lowest BCUT2D eigenvalue weighted by molar-refractivity contribution is 0.127. The second-order valence-electron chi connectivity index (χ2n) is 3.73. The van der Waals surface area contributed by atoms with E-state index in [4.69, 9.17) is 9.84 Å². The Labute approximate surface area is 95.2 Å². The molecule has 0 heterocycles. The van der Waals surface area contributed by atoms with Crippen molar-refractivity contribution in [2.24, 2.45) is 0 Å². The molecule has 3 nitrogen and oxygen atoms in total. The molecule has 1 unspecified atom stereocenters. The first-order chi connectivity index (χ1) is 7.63. The number of aromatic hydroxyl groups is 1. The van der Waals surface area contributed by atoms with Crippen molar-refractivity contribution in [1.82, 2.24) is 5.32 Å². The minimum absolute atomic E-state index is 0.219. The molecular formula is C12H18FNO2. The van der Waals surface area contributed by atoms with Gasteiger partial charge in [-0.1, -0.05) is 6.07 Å². The van der Waals surface area contributed by atoms with Gasteiger partial charge >= 0.3 is 0 Å². The van der Waals surface area contributed by atoms with E-state index in [1.54, 1.807) is 6.07 Å². The molecule has 0 aromatic heterocycles. The summed E-state index contributed by atoms with van der Waals surface area (Å²) in [4.78, 5) is 0. The molecule has 1 rings (SSSR count). The van der Waals surface area contributed by atoms with Gasteiger partial charge in [-0.2, -0.15) is 0 Å². The van der Waals surface area contributed by atoms with Gasteiger partial charge in [0.05, 0.1) is 6.61 Å². The first kappa shape index (κ1) is 12.9. The fourth-order valence-corrected chi connectivity index (χ4v) is 1.31. The van der Waals surface area contributed by atoms with Crippen molar-refractivity contribution >= 4 is 0 Å². The zero-order chi connectivity index (χ0) is 12.0. The zero-order valence-electron chi connectivity index (χ0n) is 9.66. The van der Waals surface area contributed by atoms with Crippen LogP contribution in [0, 0.1) is 5.82 Å². The van der Waals surface area contributed by atoms with Crippen LogP contribution in [0.1, 0.15) is 19.4 Å². The number of benzene rings is 1. The lowest BCUT2D eigenvalue weighted by Crippen LogP contribution is -2.30. The predicted molar refractivity (Wildman–Crippen MR) is 60.9 cm³/mol. The molecule has 0 spiro atoms. The number of hydrogen-bond acceptors (Lipinski definition) is 3. The standard InChI is InChI=1S/C12H18FNO2/c1-3-16-8-9(2)14-7-10-4-5-12(15)11(13)6-10/h4-6,9,14-15H,3,7-8H2,1-2H3. The quantitative estimate of drug-likeness (QED) is 0.781. The molecule has 0 aliphatic rings. The van der Waals surface area contributed by atoms with E-state index in [9.17, 15) is 4.39 Å². The highest BCUT2D eigenvalue weighted by Gasteiger charge is 2.04. The van der Waals surface area contributed by atoms with Gasteiger partial charge in [0.15, 0.2) is 11.6 Å². The van der Waals surface area contributed by atoms with Gasteiger partial charge in [-0.05, 0) is 31.5 Å². The average molecular weight is 227 g/mol.